The van der Waals surface area contributed by atoms with Crippen LogP contribution >= 0.6 is 35.3 Å². The minimum Gasteiger partial charge on any atom is -0.504 e. The molecule has 3 N–H and O–H groups in total. The van der Waals surface area contributed by atoms with Crippen LogP contribution in [0.3, 0.4) is 0 Å². The van der Waals surface area contributed by atoms with Crippen LogP contribution in [-0.2, 0) is 6.54 Å². The van der Waals surface area contributed by atoms with Gasteiger partial charge in [0.2, 0.25) is 0 Å². The fourth-order valence-corrected chi connectivity index (χ4v) is 4.00. The van der Waals surface area contributed by atoms with E-state index in [1.54, 1.807) is 30.6 Å². The van der Waals surface area contributed by atoms with Crippen molar-refractivity contribution < 1.29 is 9.84 Å². The maximum absolute atomic E-state index is 9.92. The van der Waals surface area contributed by atoms with Gasteiger partial charge in [-0.15, -0.1) is 35.3 Å². The van der Waals surface area contributed by atoms with E-state index in [1.807, 2.05) is 6.07 Å². The third-order valence-corrected chi connectivity index (χ3v) is 5.59. The van der Waals surface area contributed by atoms with Crippen LogP contribution in [0.15, 0.2) is 40.7 Å². The average Bonchev–Trinajstić information content (AvgIpc) is 3.22. The first-order valence-electron chi connectivity index (χ1n) is 9.38. The highest BCUT2D eigenvalue weighted by Gasteiger charge is 2.20. The largest absolute Gasteiger partial charge is 0.504 e. The van der Waals surface area contributed by atoms with Crippen molar-refractivity contribution in [2.45, 2.75) is 32.4 Å². The number of ether oxygens (including phenoxy) is 1. The zero-order valence-corrected chi connectivity index (χ0v) is 19.5. The molecule has 2 heterocycles. The molecule has 6 nitrogen and oxygen atoms in total. The molecule has 8 heteroatoms. The van der Waals surface area contributed by atoms with E-state index in [2.05, 4.69) is 45.0 Å². The Bertz CT molecular complexity index is 747. The van der Waals surface area contributed by atoms with E-state index < -0.39 is 0 Å². The van der Waals surface area contributed by atoms with Gasteiger partial charge in [0, 0.05) is 25.7 Å². The number of aromatic hydroxyl groups is 1. The van der Waals surface area contributed by atoms with Crippen molar-refractivity contribution >= 4 is 46.3 Å². The number of guanidine groups is 1. The Balaban J connectivity index is 0.00000280. The van der Waals surface area contributed by atoms with Gasteiger partial charge in [-0.25, -0.2) is 4.99 Å². The van der Waals surface area contributed by atoms with Gasteiger partial charge in [-0.05, 0) is 55.0 Å². The number of nitrogens with zero attached hydrogens (tertiary/aromatic N) is 2. The van der Waals surface area contributed by atoms with Crippen LogP contribution in [0.2, 0.25) is 0 Å². The summed E-state index contributed by atoms with van der Waals surface area (Å²) in [6.45, 7) is 5.50. The number of hydrogen-bond donors (Lipinski definition) is 3. The number of hydrogen-bond acceptors (Lipinski definition) is 5. The quantitative estimate of drug-likeness (QED) is 0.310. The number of thiophene rings is 1. The van der Waals surface area contributed by atoms with Crippen LogP contribution in [0.1, 0.15) is 25.3 Å². The minimum absolute atomic E-state index is 0. The van der Waals surface area contributed by atoms with Crippen LogP contribution < -0.4 is 20.3 Å². The first-order valence-corrected chi connectivity index (χ1v) is 10.3. The summed E-state index contributed by atoms with van der Waals surface area (Å²) in [4.78, 5) is 7.13. The SMILES string of the molecule is CCNC(=NCc1ccc(OC)c(O)c1)NC1CCN(c2cccs2)CC1.I. The highest BCUT2D eigenvalue weighted by atomic mass is 127. The molecule has 0 aliphatic carbocycles. The summed E-state index contributed by atoms with van der Waals surface area (Å²) in [7, 11) is 1.55. The molecule has 0 radical (unpaired) electrons. The number of anilines is 1. The third-order valence-electron chi connectivity index (χ3n) is 4.66. The topological polar surface area (TPSA) is 69.1 Å². The highest BCUT2D eigenvalue weighted by molar-refractivity contribution is 14.0. The van der Waals surface area contributed by atoms with E-state index in [1.165, 1.54) is 5.00 Å². The van der Waals surface area contributed by atoms with Crippen LogP contribution in [0.25, 0.3) is 0 Å². The molecule has 0 amide bonds. The number of benzene rings is 1. The van der Waals surface area contributed by atoms with Crippen LogP contribution in [0.4, 0.5) is 5.00 Å². The van der Waals surface area contributed by atoms with E-state index in [4.69, 9.17) is 4.74 Å². The lowest BCUT2D eigenvalue weighted by atomic mass is 10.1. The van der Waals surface area contributed by atoms with Gasteiger partial charge in [-0.1, -0.05) is 6.07 Å². The third kappa shape index (κ3) is 6.16. The average molecular weight is 516 g/mol. The second-order valence-corrected chi connectivity index (χ2v) is 7.48. The molecule has 0 saturated carbocycles. The lowest BCUT2D eigenvalue weighted by Crippen LogP contribution is -2.48. The lowest BCUT2D eigenvalue weighted by molar-refractivity contribution is 0.373. The van der Waals surface area contributed by atoms with Crippen molar-refractivity contribution in [3.8, 4) is 11.5 Å². The molecule has 0 atom stereocenters. The maximum Gasteiger partial charge on any atom is 0.191 e. The van der Waals surface area contributed by atoms with Crippen molar-refractivity contribution in [2.75, 3.05) is 31.6 Å². The summed E-state index contributed by atoms with van der Waals surface area (Å²) in [5, 5.41) is 20.3. The second kappa shape index (κ2) is 11.4. The number of rotatable bonds is 6. The summed E-state index contributed by atoms with van der Waals surface area (Å²) < 4.78 is 5.09. The number of methoxy groups -OCH3 is 1. The Hall–Kier alpha value is -1.68. The zero-order valence-electron chi connectivity index (χ0n) is 16.4. The number of phenolic OH excluding ortho intramolecular Hbond substituents is 1. The molecule has 0 unspecified atom stereocenters. The Morgan fingerprint density at radius 3 is 2.71 bits per heavy atom. The fraction of sp³-hybridized carbons (Fsp3) is 0.450. The van der Waals surface area contributed by atoms with Gasteiger partial charge in [0.05, 0.1) is 18.7 Å². The van der Waals surface area contributed by atoms with Crippen LogP contribution in [0.5, 0.6) is 11.5 Å². The van der Waals surface area contributed by atoms with Gasteiger partial charge in [-0.2, -0.15) is 0 Å². The van der Waals surface area contributed by atoms with Crippen LogP contribution in [-0.4, -0.2) is 43.9 Å². The molecule has 3 rings (SSSR count). The minimum atomic E-state index is 0. The van der Waals surface area contributed by atoms with E-state index in [-0.39, 0.29) is 29.7 Å². The predicted molar refractivity (Wildman–Crippen MR) is 128 cm³/mol. The molecule has 154 valence electrons. The molecule has 1 saturated heterocycles. The van der Waals surface area contributed by atoms with Crippen molar-refractivity contribution in [2.24, 2.45) is 4.99 Å². The standard InChI is InChI=1S/C20H28N4O2S.HI/c1-3-21-20(22-14-15-6-7-18(26-2)17(25)13-15)23-16-8-10-24(11-9-16)19-5-4-12-27-19;/h4-7,12-13,16,25H,3,8-11,14H2,1-2H3,(H2,21,22,23);1H. The van der Waals surface area contributed by atoms with Gasteiger partial charge < -0.3 is 25.4 Å². The molecule has 1 aliphatic rings. The van der Waals surface area contributed by atoms with Gasteiger partial charge in [-0.3, -0.25) is 0 Å². The Morgan fingerprint density at radius 1 is 1.32 bits per heavy atom. The van der Waals surface area contributed by atoms with E-state index in [9.17, 15) is 5.11 Å². The normalized spacial score (nSPS) is 15.1. The van der Waals surface area contributed by atoms with E-state index in [0.29, 0.717) is 18.3 Å². The number of aliphatic imine (C=N–C) groups is 1. The van der Waals surface area contributed by atoms with E-state index in [0.717, 1.165) is 44.0 Å². The summed E-state index contributed by atoms with van der Waals surface area (Å²) in [6, 6.07) is 10.1. The Kier molecular flexibility index (Phi) is 9.17. The molecular weight excluding hydrogens is 487 g/mol. The molecule has 28 heavy (non-hydrogen) atoms. The lowest BCUT2D eigenvalue weighted by Gasteiger charge is -2.33. The van der Waals surface area contributed by atoms with Gasteiger partial charge in [0.15, 0.2) is 17.5 Å². The maximum atomic E-state index is 9.92. The van der Waals surface area contributed by atoms with Crippen molar-refractivity contribution in [3.05, 3.63) is 41.3 Å². The first-order chi connectivity index (χ1) is 13.2. The number of nitrogens with one attached hydrogen (secondary N) is 2. The second-order valence-electron chi connectivity index (χ2n) is 6.56. The van der Waals surface area contributed by atoms with Gasteiger partial charge in [0.1, 0.15) is 0 Å². The predicted octanol–water partition coefficient (Wildman–Crippen LogP) is 3.80. The molecule has 1 aliphatic heterocycles. The number of phenols is 1. The molecule has 1 aromatic heterocycles. The number of piperidine rings is 1. The number of halogens is 1. The summed E-state index contributed by atoms with van der Waals surface area (Å²) in [6.07, 6.45) is 2.18. The molecule has 1 aromatic carbocycles. The summed E-state index contributed by atoms with van der Waals surface area (Å²) in [5.74, 6) is 1.44. The first kappa shape index (κ1) is 22.6. The van der Waals surface area contributed by atoms with Crippen LogP contribution in [0, 0.1) is 0 Å². The smallest absolute Gasteiger partial charge is 0.191 e. The molecule has 0 spiro atoms. The highest BCUT2D eigenvalue weighted by Crippen LogP contribution is 2.27. The zero-order chi connectivity index (χ0) is 19.1. The van der Waals surface area contributed by atoms with E-state index >= 15 is 0 Å². The molecule has 1 fully saturated rings. The van der Waals surface area contributed by atoms with Gasteiger partial charge >= 0.3 is 0 Å². The molecule has 2 aromatic rings. The van der Waals surface area contributed by atoms with Crippen molar-refractivity contribution in [3.63, 3.8) is 0 Å². The fourth-order valence-electron chi connectivity index (χ4n) is 3.21. The monoisotopic (exact) mass is 516 g/mol. The van der Waals surface area contributed by atoms with Crippen molar-refractivity contribution in [1.29, 1.82) is 0 Å². The molecule has 0 bridgehead atoms. The summed E-state index contributed by atoms with van der Waals surface area (Å²) >= 11 is 1.80. The Labute approximate surface area is 188 Å². The summed E-state index contributed by atoms with van der Waals surface area (Å²) in [5.41, 5.74) is 0.943. The Morgan fingerprint density at radius 2 is 2.11 bits per heavy atom. The molecular formula is C20H29IN4O2S. The van der Waals surface area contributed by atoms with Crippen molar-refractivity contribution in [1.82, 2.24) is 10.6 Å². The van der Waals surface area contributed by atoms with Gasteiger partial charge in [0.25, 0.3) is 0 Å².